The molecule has 0 saturated carbocycles. The minimum absolute atomic E-state index is 0.0627. The van der Waals surface area contributed by atoms with E-state index in [4.69, 9.17) is 9.47 Å². The highest BCUT2D eigenvalue weighted by atomic mass is 19.1. The molecule has 4 fully saturated rings. The van der Waals surface area contributed by atoms with Gasteiger partial charge in [0.15, 0.2) is 0 Å². The molecule has 6 heterocycles. The van der Waals surface area contributed by atoms with Gasteiger partial charge in [-0.3, -0.25) is 19.4 Å². The number of halogens is 2. The minimum atomic E-state index is -0.597. The molecule has 4 saturated heterocycles. The van der Waals surface area contributed by atoms with Crippen molar-refractivity contribution in [2.24, 2.45) is 0 Å². The number of fused-ring (bicyclic) bond motifs is 4. The summed E-state index contributed by atoms with van der Waals surface area (Å²) in [5.74, 6) is -0.532. The second-order valence-corrected chi connectivity index (χ2v) is 15.3. The van der Waals surface area contributed by atoms with Gasteiger partial charge in [-0.15, -0.1) is 0 Å². The van der Waals surface area contributed by atoms with Crippen LogP contribution in [-0.4, -0.2) is 119 Å². The van der Waals surface area contributed by atoms with Crippen molar-refractivity contribution in [3.63, 3.8) is 0 Å². The fourth-order valence-electron chi connectivity index (χ4n) is 8.01. The maximum atomic E-state index is 14.5. The Morgan fingerprint density at radius 1 is 0.698 bits per heavy atom. The van der Waals surface area contributed by atoms with E-state index in [-0.39, 0.29) is 12.8 Å². The van der Waals surface area contributed by atoms with E-state index < -0.39 is 29.2 Å². The lowest BCUT2D eigenvalue weighted by Gasteiger charge is -2.37. The number of rotatable bonds is 6. The lowest BCUT2D eigenvalue weighted by atomic mass is 10.1. The summed E-state index contributed by atoms with van der Waals surface area (Å²) in [7, 11) is 1.32. The van der Waals surface area contributed by atoms with Crippen LogP contribution in [0.1, 0.15) is 57.8 Å². The maximum absolute atomic E-state index is 14.5. The van der Waals surface area contributed by atoms with Gasteiger partial charge in [-0.1, -0.05) is 12.1 Å². The summed E-state index contributed by atoms with van der Waals surface area (Å²) in [6.45, 7) is 13.2. The first-order valence-electron chi connectivity index (χ1n) is 18.6. The summed E-state index contributed by atoms with van der Waals surface area (Å²) in [4.78, 5) is 51.8. The van der Waals surface area contributed by atoms with Crippen LogP contribution in [0.3, 0.4) is 0 Å². The summed E-state index contributed by atoms with van der Waals surface area (Å²) in [5.41, 5.74) is 1.23. The highest BCUT2D eigenvalue weighted by molar-refractivity contribution is 5.87. The summed E-state index contributed by atoms with van der Waals surface area (Å²) in [5, 5.41) is 0.604. The second-order valence-electron chi connectivity index (χ2n) is 15.3. The molecule has 2 atom stereocenters. The Bertz CT molecular complexity index is 1990. The molecule has 53 heavy (non-hydrogen) atoms. The van der Waals surface area contributed by atoms with Crippen molar-refractivity contribution in [2.75, 3.05) is 69.3 Å². The van der Waals surface area contributed by atoms with Gasteiger partial charge in [-0.05, 0) is 83.8 Å². The first-order chi connectivity index (χ1) is 25.5. The van der Waals surface area contributed by atoms with Crippen molar-refractivity contribution < 1.29 is 27.8 Å². The Balaban J connectivity index is 0.000000165. The smallest absolute Gasteiger partial charge is 0.312 e. The molecule has 2 aromatic heterocycles. The first kappa shape index (κ1) is 36.8. The summed E-state index contributed by atoms with van der Waals surface area (Å²) in [6, 6.07) is 10.6. The number of carbonyl (C=O) groups excluding carboxylic acids is 2. The molecule has 12 nitrogen and oxygen atoms in total. The van der Waals surface area contributed by atoms with Gasteiger partial charge < -0.3 is 19.3 Å². The quantitative estimate of drug-likeness (QED) is 0.256. The van der Waals surface area contributed by atoms with Crippen LogP contribution in [0.25, 0.3) is 21.8 Å². The summed E-state index contributed by atoms with van der Waals surface area (Å²) >= 11 is 0. The molecular formula is C39H48F2N8O4. The first-order valence-corrected chi connectivity index (χ1v) is 18.6. The fraction of sp³-hybridized carbons (Fsp3) is 0.538. The molecular weight excluding hydrogens is 682 g/mol. The summed E-state index contributed by atoms with van der Waals surface area (Å²) < 4.78 is 39.0. The van der Waals surface area contributed by atoms with E-state index in [9.17, 15) is 18.4 Å². The lowest BCUT2D eigenvalue weighted by molar-refractivity contribution is -0.154. The highest BCUT2D eigenvalue weighted by Crippen LogP contribution is 2.29. The average Bonchev–Trinajstić information content (AvgIpc) is 3.80. The van der Waals surface area contributed by atoms with Crippen molar-refractivity contribution >= 4 is 45.6 Å². The number of piperazine rings is 2. The van der Waals surface area contributed by atoms with Crippen molar-refractivity contribution in [3.8, 4) is 0 Å². The molecule has 14 heteroatoms. The topological polar surface area (TPSA) is 117 Å². The van der Waals surface area contributed by atoms with E-state index in [0.29, 0.717) is 57.2 Å². The molecule has 8 rings (SSSR count). The predicted octanol–water partition coefficient (Wildman–Crippen LogP) is 4.71. The molecule has 2 aromatic carbocycles. The second kappa shape index (κ2) is 15.4. The van der Waals surface area contributed by atoms with Gasteiger partial charge >= 0.3 is 11.9 Å². The molecule has 0 amide bonds. The third kappa shape index (κ3) is 8.33. The van der Waals surface area contributed by atoms with Crippen molar-refractivity contribution in [1.82, 2.24) is 29.7 Å². The van der Waals surface area contributed by atoms with Crippen molar-refractivity contribution in [3.05, 3.63) is 59.4 Å². The standard InChI is InChI=1S/C21H27FN4O2.C18H21FN4O2/c1-21(2,3)28-18(27)12-17-19-15(22)7-4-8-16(19)23-20(24-17)26-11-10-25-9-5-6-14(25)13-26;1-25-16(24)10-15-17-13(19)5-2-6-14(17)20-18(21-15)23-9-8-22-7-3-4-12(22)11-23/h4,7-8,14H,5-6,9-13H2,1-3H3;2,5-6,12H,3-4,7-11H2,1H3/t14-;12-/m11/s1. The maximum Gasteiger partial charge on any atom is 0.312 e. The van der Waals surface area contributed by atoms with Crippen LogP contribution in [0, 0.1) is 11.6 Å². The summed E-state index contributed by atoms with van der Waals surface area (Å²) in [6.07, 6.45) is 4.69. The molecule has 4 aliphatic heterocycles. The van der Waals surface area contributed by atoms with Gasteiger partial charge in [-0.2, -0.15) is 0 Å². The molecule has 0 spiro atoms. The zero-order valence-corrected chi connectivity index (χ0v) is 31.0. The van der Waals surface area contributed by atoms with Crippen LogP contribution in [0.4, 0.5) is 20.7 Å². The molecule has 4 aliphatic rings. The number of ether oxygens (including phenoxy) is 2. The van der Waals surface area contributed by atoms with Gasteiger partial charge in [0.1, 0.15) is 17.2 Å². The number of hydrogen-bond donors (Lipinski definition) is 0. The monoisotopic (exact) mass is 730 g/mol. The fourth-order valence-corrected chi connectivity index (χ4v) is 8.01. The largest absolute Gasteiger partial charge is 0.469 e. The van der Waals surface area contributed by atoms with E-state index >= 15 is 0 Å². The van der Waals surface area contributed by atoms with E-state index in [0.717, 1.165) is 52.4 Å². The average molecular weight is 731 g/mol. The minimum Gasteiger partial charge on any atom is -0.469 e. The van der Waals surface area contributed by atoms with Crippen LogP contribution in [-0.2, 0) is 31.9 Å². The molecule has 0 bridgehead atoms. The predicted molar refractivity (Wildman–Crippen MR) is 198 cm³/mol. The number of anilines is 2. The number of hydrogen-bond acceptors (Lipinski definition) is 12. The van der Waals surface area contributed by atoms with E-state index in [1.54, 1.807) is 24.3 Å². The van der Waals surface area contributed by atoms with Crippen molar-refractivity contribution in [2.45, 2.75) is 77.0 Å². The Labute approximate surface area is 308 Å². The lowest BCUT2D eigenvalue weighted by Crippen LogP contribution is -2.50. The normalized spacial score (nSPS) is 20.6. The molecule has 0 radical (unpaired) electrons. The third-order valence-corrected chi connectivity index (χ3v) is 10.5. The van der Waals surface area contributed by atoms with Gasteiger partial charge in [-0.25, -0.2) is 28.7 Å². The van der Waals surface area contributed by atoms with Crippen molar-refractivity contribution in [1.29, 1.82) is 0 Å². The van der Waals surface area contributed by atoms with Gasteiger partial charge in [0, 0.05) is 51.4 Å². The Kier molecular flexibility index (Phi) is 10.7. The Morgan fingerprint density at radius 2 is 1.17 bits per heavy atom. The number of aromatic nitrogens is 4. The number of methoxy groups -OCH3 is 1. The van der Waals surface area contributed by atoms with Crippen LogP contribution < -0.4 is 9.80 Å². The van der Waals surface area contributed by atoms with E-state index in [2.05, 4.69) is 39.5 Å². The molecule has 0 unspecified atom stereocenters. The van der Waals surface area contributed by atoms with E-state index in [1.165, 1.54) is 44.9 Å². The van der Waals surface area contributed by atoms with Crippen LogP contribution in [0.5, 0.6) is 0 Å². The molecule has 282 valence electrons. The van der Waals surface area contributed by atoms with Crippen LogP contribution >= 0.6 is 0 Å². The van der Waals surface area contributed by atoms with Crippen LogP contribution in [0.15, 0.2) is 36.4 Å². The number of benzene rings is 2. The number of nitrogens with zero attached hydrogens (tertiary/aromatic N) is 8. The Morgan fingerprint density at radius 3 is 1.62 bits per heavy atom. The Hall–Kier alpha value is -4.56. The van der Waals surface area contributed by atoms with Crippen LogP contribution in [0.2, 0.25) is 0 Å². The molecule has 0 aliphatic carbocycles. The third-order valence-electron chi connectivity index (χ3n) is 10.5. The number of carbonyl (C=O) groups is 2. The van der Waals surface area contributed by atoms with E-state index in [1.807, 2.05) is 20.8 Å². The molecule has 4 aromatic rings. The SMILES string of the molecule is CC(C)(C)OC(=O)Cc1nc(N2CCN3CCC[C@@H]3C2)nc2cccc(F)c12.COC(=O)Cc1nc(N2CCN3CCC[C@@H]3C2)nc2cccc(F)c12. The zero-order chi connectivity index (χ0) is 37.3. The highest BCUT2D eigenvalue weighted by Gasteiger charge is 2.33. The molecule has 0 N–H and O–H groups in total. The zero-order valence-electron chi connectivity index (χ0n) is 31.0. The van der Waals surface area contributed by atoms with Gasteiger partial charge in [0.05, 0.1) is 53.1 Å². The van der Waals surface area contributed by atoms with Gasteiger partial charge in [0.2, 0.25) is 11.9 Å². The van der Waals surface area contributed by atoms with Gasteiger partial charge in [0.25, 0.3) is 0 Å². The number of esters is 2.